The topological polar surface area (TPSA) is 90.9 Å². The fourth-order valence-corrected chi connectivity index (χ4v) is 2.61. The van der Waals surface area contributed by atoms with Crippen molar-refractivity contribution in [3.05, 3.63) is 60.2 Å². The molecule has 0 saturated heterocycles. The molecule has 0 bridgehead atoms. The van der Waals surface area contributed by atoms with Gasteiger partial charge in [0.1, 0.15) is 23.1 Å². The Labute approximate surface area is 170 Å². The van der Waals surface area contributed by atoms with Gasteiger partial charge in [0, 0.05) is 0 Å². The van der Waals surface area contributed by atoms with Gasteiger partial charge in [0.05, 0.1) is 7.11 Å². The minimum Gasteiger partial charge on any atom is -0.467 e. The molecule has 0 fully saturated rings. The summed E-state index contributed by atoms with van der Waals surface area (Å²) >= 11 is 0. The third-order valence-electron chi connectivity index (χ3n) is 3.94. The van der Waals surface area contributed by atoms with Crippen molar-refractivity contribution >= 4 is 17.8 Å². The van der Waals surface area contributed by atoms with E-state index in [9.17, 15) is 14.4 Å². The Kier molecular flexibility index (Phi) is 8.21. The largest absolute Gasteiger partial charge is 0.467 e. The average Bonchev–Trinajstić information content (AvgIpc) is 2.71. The number of carbonyl (C=O) groups is 3. The highest BCUT2D eigenvalue weighted by Gasteiger charge is 2.23. The Hall–Kier alpha value is -3.35. The summed E-state index contributed by atoms with van der Waals surface area (Å²) in [4.78, 5) is 36.4. The van der Waals surface area contributed by atoms with Gasteiger partial charge < -0.3 is 19.5 Å². The molecule has 7 nitrogen and oxygen atoms in total. The number of esters is 2. The van der Waals surface area contributed by atoms with Crippen LogP contribution in [0.2, 0.25) is 0 Å². The predicted octanol–water partition coefficient (Wildman–Crippen LogP) is 3.34. The van der Waals surface area contributed by atoms with Gasteiger partial charge in [-0.1, -0.05) is 44.2 Å². The Morgan fingerprint density at radius 1 is 0.966 bits per heavy atom. The van der Waals surface area contributed by atoms with Crippen molar-refractivity contribution in [2.24, 2.45) is 5.92 Å². The molecule has 0 spiro atoms. The molecule has 1 amide bonds. The van der Waals surface area contributed by atoms with E-state index in [1.165, 1.54) is 7.11 Å². The van der Waals surface area contributed by atoms with Crippen LogP contribution < -0.4 is 10.1 Å². The molecule has 0 aliphatic carbocycles. The molecular weight excluding hydrogens is 374 g/mol. The molecule has 0 aromatic heterocycles. The van der Waals surface area contributed by atoms with Crippen LogP contribution in [0, 0.1) is 5.92 Å². The first kappa shape index (κ1) is 21.9. The average molecular weight is 399 g/mol. The molecule has 2 aromatic carbocycles. The molecule has 2 aromatic rings. The quantitative estimate of drug-likeness (QED) is 0.651. The van der Waals surface area contributed by atoms with E-state index >= 15 is 0 Å². The zero-order valence-corrected chi connectivity index (χ0v) is 16.7. The SMILES string of the molecule is COC(=O)[C@H](CC(C)C)NC(=O)COC(=O)c1ccccc1Oc1ccccc1. The molecule has 154 valence electrons. The number of ether oxygens (including phenoxy) is 3. The van der Waals surface area contributed by atoms with Crippen molar-refractivity contribution in [2.75, 3.05) is 13.7 Å². The molecule has 0 unspecified atom stereocenters. The van der Waals surface area contributed by atoms with Gasteiger partial charge in [-0.3, -0.25) is 4.79 Å². The minimum atomic E-state index is -0.792. The van der Waals surface area contributed by atoms with Crippen LogP contribution >= 0.6 is 0 Å². The molecular formula is C22H25NO6. The van der Waals surface area contributed by atoms with E-state index in [0.29, 0.717) is 17.9 Å². The summed E-state index contributed by atoms with van der Waals surface area (Å²) in [6.45, 7) is 3.32. The normalized spacial score (nSPS) is 11.4. The predicted molar refractivity (Wildman–Crippen MR) is 107 cm³/mol. The van der Waals surface area contributed by atoms with E-state index in [1.807, 2.05) is 32.0 Å². The van der Waals surface area contributed by atoms with Gasteiger partial charge in [0.25, 0.3) is 5.91 Å². The molecule has 0 radical (unpaired) electrons. The smallest absolute Gasteiger partial charge is 0.342 e. The van der Waals surface area contributed by atoms with Gasteiger partial charge in [0.2, 0.25) is 0 Å². The van der Waals surface area contributed by atoms with Crippen LogP contribution in [-0.2, 0) is 19.1 Å². The van der Waals surface area contributed by atoms with Crippen LogP contribution in [0.15, 0.2) is 54.6 Å². The fourth-order valence-electron chi connectivity index (χ4n) is 2.61. The number of para-hydroxylation sites is 2. The molecule has 0 aliphatic rings. The van der Waals surface area contributed by atoms with Gasteiger partial charge >= 0.3 is 11.9 Å². The highest BCUT2D eigenvalue weighted by molar-refractivity contribution is 5.94. The van der Waals surface area contributed by atoms with Crippen molar-refractivity contribution in [1.29, 1.82) is 0 Å². The summed E-state index contributed by atoms with van der Waals surface area (Å²) in [6, 6.07) is 14.8. The second-order valence-electron chi connectivity index (χ2n) is 6.76. The Balaban J connectivity index is 1.98. The molecule has 7 heteroatoms. The summed E-state index contributed by atoms with van der Waals surface area (Å²) in [5, 5.41) is 2.54. The number of benzene rings is 2. The van der Waals surface area contributed by atoms with Gasteiger partial charge in [-0.25, -0.2) is 9.59 Å². The van der Waals surface area contributed by atoms with Gasteiger partial charge in [-0.2, -0.15) is 0 Å². The highest BCUT2D eigenvalue weighted by Crippen LogP contribution is 2.25. The van der Waals surface area contributed by atoms with E-state index < -0.39 is 30.5 Å². The number of carbonyl (C=O) groups excluding carboxylic acids is 3. The minimum absolute atomic E-state index is 0.170. The summed E-state index contributed by atoms with van der Waals surface area (Å²) in [5.41, 5.74) is 0.191. The number of amides is 1. The van der Waals surface area contributed by atoms with E-state index in [0.717, 1.165) is 0 Å². The Bertz CT molecular complexity index is 834. The van der Waals surface area contributed by atoms with Crippen LogP contribution in [0.25, 0.3) is 0 Å². The summed E-state index contributed by atoms with van der Waals surface area (Å²) in [5.74, 6) is -0.776. The van der Waals surface area contributed by atoms with Crippen LogP contribution in [0.1, 0.15) is 30.6 Å². The maximum absolute atomic E-state index is 12.4. The lowest BCUT2D eigenvalue weighted by Gasteiger charge is -2.18. The van der Waals surface area contributed by atoms with Gasteiger partial charge in [-0.05, 0) is 36.6 Å². The molecule has 1 N–H and O–H groups in total. The monoisotopic (exact) mass is 399 g/mol. The number of rotatable bonds is 9. The molecule has 1 atom stereocenters. The fraction of sp³-hybridized carbons (Fsp3) is 0.318. The van der Waals surface area contributed by atoms with Crippen LogP contribution in [0.3, 0.4) is 0 Å². The number of nitrogens with one attached hydrogen (secondary N) is 1. The standard InChI is InChI=1S/C22H25NO6/c1-15(2)13-18(22(26)27-3)23-20(24)14-28-21(25)17-11-7-8-12-19(17)29-16-9-5-4-6-10-16/h4-12,15,18H,13-14H2,1-3H3,(H,23,24)/t18-/m0/s1. The lowest BCUT2D eigenvalue weighted by Crippen LogP contribution is -2.44. The lowest BCUT2D eigenvalue weighted by molar-refractivity contribution is -0.145. The highest BCUT2D eigenvalue weighted by atomic mass is 16.5. The third-order valence-corrected chi connectivity index (χ3v) is 3.94. The van der Waals surface area contributed by atoms with Crippen LogP contribution in [0.4, 0.5) is 0 Å². The summed E-state index contributed by atoms with van der Waals surface area (Å²) in [7, 11) is 1.26. The van der Waals surface area contributed by atoms with Crippen LogP contribution in [-0.4, -0.2) is 37.6 Å². The Morgan fingerprint density at radius 2 is 1.62 bits per heavy atom. The van der Waals surface area contributed by atoms with Gasteiger partial charge in [-0.15, -0.1) is 0 Å². The maximum Gasteiger partial charge on any atom is 0.342 e. The maximum atomic E-state index is 12.4. The van der Waals surface area contributed by atoms with Crippen molar-refractivity contribution in [3.63, 3.8) is 0 Å². The number of methoxy groups -OCH3 is 1. The molecule has 0 saturated carbocycles. The molecule has 0 aliphatic heterocycles. The zero-order chi connectivity index (χ0) is 21.2. The number of hydrogen-bond donors (Lipinski definition) is 1. The molecule has 29 heavy (non-hydrogen) atoms. The summed E-state index contributed by atoms with van der Waals surface area (Å²) < 4.78 is 15.5. The van der Waals surface area contributed by atoms with Crippen molar-refractivity contribution in [1.82, 2.24) is 5.32 Å². The Morgan fingerprint density at radius 3 is 2.28 bits per heavy atom. The summed E-state index contributed by atoms with van der Waals surface area (Å²) in [6.07, 6.45) is 0.417. The number of hydrogen-bond acceptors (Lipinski definition) is 6. The first-order valence-electron chi connectivity index (χ1n) is 9.27. The van der Waals surface area contributed by atoms with Crippen molar-refractivity contribution < 1.29 is 28.6 Å². The van der Waals surface area contributed by atoms with E-state index in [1.54, 1.807) is 36.4 Å². The van der Waals surface area contributed by atoms with Gasteiger partial charge in [0.15, 0.2) is 6.61 Å². The van der Waals surface area contributed by atoms with E-state index in [-0.39, 0.29) is 11.5 Å². The second-order valence-corrected chi connectivity index (χ2v) is 6.76. The lowest BCUT2D eigenvalue weighted by atomic mass is 10.0. The van der Waals surface area contributed by atoms with E-state index in [2.05, 4.69) is 5.32 Å². The second kappa shape index (κ2) is 10.8. The van der Waals surface area contributed by atoms with Crippen molar-refractivity contribution in [2.45, 2.75) is 26.3 Å². The third kappa shape index (κ3) is 6.95. The van der Waals surface area contributed by atoms with Crippen LogP contribution in [0.5, 0.6) is 11.5 Å². The molecule has 0 heterocycles. The van der Waals surface area contributed by atoms with Crippen molar-refractivity contribution in [3.8, 4) is 11.5 Å². The zero-order valence-electron chi connectivity index (χ0n) is 16.7. The first-order valence-corrected chi connectivity index (χ1v) is 9.27. The van der Waals surface area contributed by atoms with E-state index in [4.69, 9.17) is 14.2 Å². The first-order chi connectivity index (χ1) is 13.9. The molecule has 2 rings (SSSR count).